The van der Waals surface area contributed by atoms with Gasteiger partial charge in [-0.1, -0.05) is 25.5 Å². The van der Waals surface area contributed by atoms with Gasteiger partial charge in [0.15, 0.2) is 0 Å². The zero-order valence-corrected chi connectivity index (χ0v) is 15.4. The summed E-state index contributed by atoms with van der Waals surface area (Å²) in [6.45, 7) is 3.29. The first-order chi connectivity index (χ1) is 12.4. The fourth-order valence-corrected chi connectivity index (χ4v) is 2.74. The van der Waals surface area contributed by atoms with E-state index in [2.05, 4.69) is 27.5 Å². The molecule has 140 valence electrons. The number of carbonyl (C=O) groups excluding carboxylic acids is 1. The van der Waals surface area contributed by atoms with Gasteiger partial charge in [-0.05, 0) is 30.5 Å². The summed E-state index contributed by atoms with van der Waals surface area (Å²) in [5.41, 5.74) is 1.19. The van der Waals surface area contributed by atoms with Crippen LogP contribution in [-0.2, 0) is 16.4 Å². The number of benzene rings is 1. The van der Waals surface area contributed by atoms with Gasteiger partial charge in [0.2, 0.25) is 10.0 Å². The van der Waals surface area contributed by atoms with Crippen molar-refractivity contribution in [1.29, 1.82) is 0 Å². The summed E-state index contributed by atoms with van der Waals surface area (Å²) < 4.78 is 22.4. The second-order valence-electron chi connectivity index (χ2n) is 5.76. The number of rotatable bonds is 9. The van der Waals surface area contributed by atoms with Crippen LogP contribution in [0.1, 0.15) is 35.8 Å². The smallest absolute Gasteiger partial charge is 0.270 e. The monoisotopic (exact) mass is 377 g/mol. The van der Waals surface area contributed by atoms with E-state index in [-0.39, 0.29) is 10.8 Å². The molecule has 1 aromatic heterocycles. The Morgan fingerprint density at radius 2 is 1.88 bits per heavy atom. The van der Waals surface area contributed by atoms with E-state index < -0.39 is 10.0 Å². The Morgan fingerprint density at radius 1 is 1.15 bits per heavy atom. The number of hydrogen-bond acceptors (Lipinski definition) is 6. The molecule has 1 aromatic carbocycles. The number of amides is 1. The molecule has 0 atom stereocenters. The number of nitrogens with zero attached hydrogens (tertiary/aromatic N) is 2. The van der Waals surface area contributed by atoms with Crippen molar-refractivity contribution in [2.75, 3.05) is 18.4 Å². The average Bonchev–Trinajstić information content (AvgIpc) is 2.62. The number of sulfonamides is 1. The van der Waals surface area contributed by atoms with Crippen molar-refractivity contribution >= 4 is 21.7 Å². The minimum absolute atomic E-state index is 0.0642. The number of anilines is 1. The van der Waals surface area contributed by atoms with Crippen LogP contribution < -0.4 is 15.8 Å². The molecule has 0 spiro atoms. The molecule has 2 aromatic rings. The fraction of sp³-hybridized carbons (Fsp3) is 0.353. The average molecular weight is 377 g/mol. The first-order valence-corrected chi connectivity index (χ1v) is 9.90. The highest BCUT2D eigenvalue weighted by atomic mass is 32.2. The predicted molar refractivity (Wildman–Crippen MR) is 99.3 cm³/mol. The molecule has 1 amide bonds. The van der Waals surface area contributed by atoms with Crippen LogP contribution in [0.3, 0.4) is 0 Å². The highest BCUT2D eigenvalue weighted by Crippen LogP contribution is 2.09. The quantitative estimate of drug-likeness (QED) is 0.565. The number of carbonyl (C=O) groups is 1. The van der Waals surface area contributed by atoms with Gasteiger partial charge in [0.25, 0.3) is 5.91 Å². The Morgan fingerprint density at radius 3 is 2.54 bits per heavy atom. The Kier molecular flexibility index (Phi) is 7.05. The minimum Gasteiger partial charge on any atom is -0.370 e. The number of nitrogens with one attached hydrogen (secondary N) is 2. The molecule has 9 heteroatoms. The Hall–Kier alpha value is -2.52. The van der Waals surface area contributed by atoms with E-state index in [1.807, 2.05) is 0 Å². The summed E-state index contributed by atoms with van der Waals surface area (Å²) in [5, 5.41) is 11.0. The number of unbranched alkanes of at least 4 members (excludes halogenated alkanes) is 1. The largest absolute Gasteiger partial charge is 0.370 e. The van der Waals surface area contributed by atoms with Crippen LogP contribution in [0.5, 0.6) is 0 Å². The van der Waals surface area contributed by atoms with E-state index in [1.54, 1.807) is 18.2 Å². The SMILES string of the molecule is CCCCNc1cc(C(=O)NCCc2ccc(S(N)(=O)=O)cc2)ncn1. The van der Waals surface area contributed by atoms with Crippen LogP contribution in [0.25, 0.3) is 0 Å². The molecule has 1 heterocycles. The van der Waals surface area contributed by atoms with Gasteiger partial charge in [-0.2, -0.15) is 0 Å². The lowest BCUT2D eigenvalue weighted by molar-refractivity contribution is 0.0949. The number of hydrogen-bond donors (Lipinski definition) is 3. The molecule has 0 saturated heterocycles. The van der Waals surface area contributed by atoms with Crippen LogP contribution in [0.4, 0.5) is 5.82 Å². The molecular formula is C17H23N5O3S. The molecule has 0 aliphatic heterocycles. The third-order valence-electron chi connectivity index (χ3n) is 3.69. The normalized spacial score (nSPS) is 11.2. The number of primary sulfonamides is 1. The maximum atomic E-state index is 12.2. The molecule has 0 aliphatic rings. The third-order valence-corrected chi connectivity index (χ3v) is 4.62. The summed E-state index contributed by atoms with van der Waals surface area (Å²) in [7, 11) is -3.69. The maximum absolute atomic E-state index is 12.2. The number of aromatic nitrogens is 2. The highest BCUT2D eigenvalue weighted by molar-refractivity contribution is 7.89. The van der Waals surface area contributed by atoms with E-state index in [4.69, 9.17) is 5.14 Å². The topological polar surface area (TPSA) is 127 Å². The molecule has 0 unspecified atom stereocenters. The van der Waals surface area contributed by atoms with E-state index in [0.717, 1.165) is 24.9 Å². The minimum atomic E-state index is -3.69. The standard InChI is InChI=1S/C17H23N5O3S/c1-2-3-9-19-16-11-15(21-12-22-16)17(23)20-10-8-13-4-6-14(7-5-13)26(18,24)25/h4-7,11-12H,2-3,8-10H2,1H3,(H,20,23)(H2,18,24,25)(H,19,21,22). The van der Waals surface area contributed by atoms with E-state index in [0.29, 0.717) is 24.5 Å². The Labute approximate surface area is 153 Å². The van der Waals surface area contributed by atoms with Gasteiger partial charge < -0.3 is 10.6 Å². The fourth-order valence-electron chi connectivity index (χ4n) is 2.23. The highest BCUT2D eigenvalue weighted by Gasteiger charge is 2.09. The van der Waals surface area contributed by atoms with Gasteiger partial charge in [-0.25, -0.2) is 23.5 Å². The van der Waals surface area contributed by atoms with Gasteiger partial charge in [-0.3, -0.25) is 4.79 Å². The van der Waals surface area contributed by atoms with Crippen molar-refractivity contribution in [3.8, 4) is 0 Å². The lowest BCUT2D eigenvalue weighted by Gasteiger charge is -2.08. The lowest BCUT2D eigenvalue weighted by atomic mass is 10.1. The van der Waals surface area contributed by atoms with Gasteiger partial charge in [-0.15, -0.1) is 0 Å². The maximum Gasteiger partial charge on any atom is 0.270 e. The molecule has 0 saturated carbocycles. The van der Waals surface area contributed by atoms with Crippen molar-refractivity contribution in [1.82, 2.24) is 15.3 Å². The van der Waals surface area contributed by atoms with E-state index in [1.165, 1.54) is 18.5 Å². The van der Waals surface area contributed by atoms with Gasteiger partial charge in [0, 0.05) is 19.2 Å². The van der Waals surface area contributed by atoms with Crippen molar-refractivity contribution in [2.24, 2.45) is 5.14 Å². The second kappa shape index (κ2) is 9.25. The molecule has 26 heavy (non-hydrogen) atoms. The summed E-state index contributed by atoms with van der Waals surface area (Å²) in [6, 6.07) is 7.86. The molecule has 0 radical (unpaired) electrons. The van der Waals surface area contributed by atoms with Crippen molar-refractivity contribution in [3.63, 3.8) is 0 Å². The summed E-state index contributed by atoms with van der Waals surface area (Å²) in [6.07, 6.45) is 4.01. The third kappa shape index (κ3) is 6.08. The summed E-state index contributed by atoms with van der Waals surface area (Å²) in [5.74, 6) is 0.337. The zero-order valence-electron chi connectivity index (χ0n) is 14.6. The van der Waals surface area contributed by atoms with Crippen LogP contribution in [0, 0.1) is 0 Å². The Balaban J connectivity index is 1.86. The first-order valence-electron chi connectivity index (χ1n) is 8.36. The van der Waals surface area contributed by atoms with E-state index >= 15 is 0 Å². The lowest BCUT2D eigenvalue weighted by Crippen LogP contribution is -2.26. The van der Waals surface area contributed by atoms with Crippen molar-refractivity contribution in [2.45, 2.75) is 31.1 Å². The van der Waals surface area contributed by atoms with Crippen LogP contribution >= 0.6 is 0 Å². The van der Waals surface area contributed by atoms with Crippen LogP contribution in [0.2, 0.25) is 0 Å². The molecule has 0 aliphatic carbocycles. The van der Waals surface area contributed by atoms with Gasteiger partial charge in [0.1, 0.15) is 17.8 Å². The number of nitrogens with two attached hydrogens (primary N) is 1. The van der Waals surface area contributed by atoms with E-state index in [9.17, 15) is 13.2 Å². The zero-order chi connectivity index (χ0) is 19.0. The molecule has 2 rings (SSSR count). The molecular weight excluding hydrogens is 354 g/mol. The van der Waals surface area contributed by atoms with Crippen molar-refractivity contribution < 1.29 is 13.2 Å². The second-order valence-corrected chi connectivity index (χ2v) is 7.33. The molecule has 8 nitrogen and oxygen atoms in total. The molecule has 4 N–H and O–H groups in total. The van der Waals surface area contributed by atoms with Gasteiger partial charge in [0.05, 0.1) is 4.90 Å². The molecule has 0 fully saturated rings. The molecule has 0 bridgehead atoms. The van der Waals surface area contributed by atoms with Gasteiger partial charge >= 0.3 is 0 Å². The summed E-state index contributed by atoms with van der Waals surface area (Å²) >= 11 is 0. The Bertz CT molecular complexity index is 838. The summed E-state index contributed by atoms with van der Waals surface area (Å²) in [4.78, 5) is 20.3. The van der Waals surface area contributed by atoms with Crippen molar-refractivity contribution in [3.05, 3.63) is 47.9 Å². The predicted octanol–water partition coefficient (Wildman–Crippen LogP) is 1.31. The van der Waals surface area contributed by atoms with Crippen LogP contribution in [-0.4, -0.2) is 37.4 Å². The first kappa shape index (κ1) is 19.8. The van der Waals surface area contributed by atoms with Crippen LogP contribution in [0.15, 0.2) is 41.6 Å².